The molecular formula is C11H19N3O. The van der Waals surface area contributed by atoms with Crippen molar-refractivity contribution in [3.8, 4) is 6.07 Å². The molecule has 1 fully saturated rings. The number of nitriles is 1. The second-order valence-electron chi connectivity index (χ2n) is 3.96. The summed E-state index contributed by atoms with van der Waals surface area (Å²) < 4.78 is 0. The first-order valence-electron chi connectivity index (χ1n) is 5.65. The van der Waals surface area contributed by atoms with Gasteiger partial charge in [0, 0.05) is 13.1 Å². The summed E-state index contributed by atoms with van der Waals surface area (Å²) in [5, 5.41) is 8.62. The highest BCUT2D eigenvalue weighted by atomic mass is 16.2. The van der Waals surface area contributed by atoms with E-state index < -0.39 is 0 Å². The van der Waals surface area contributed by atoms with Crippen LogP contribution < -0.4 is 0 Å². The highest BCUT2D eigenvalue weighted by Crippen LogP contribution is 2.08. The minimum Gasteiger partial charge on any atom is -0.342 e. The van der Waals surface area contributed by atoms with Crippen LogP contribution in [0.5, 0.6) is 0 Å². The van der Waals surface area contributed by atoms with Crippen molar-refractivity contribution >= 4 is 5.91 Å². The number of carbonyl (C=O) groups is 1. The van der Waals surface area contributed by atoms with Gasteiger partial charge in [0.05, 0.1) is 19.2 Å². The molecule has 0 aromatic carbocycles. The van der Waals surface area contributed by atoms with Gasteiger partial charge in [-0.1, -0.05) is 6.92 Å². The first-order valence-corrected chi connectivity index (χ1v) is 5.65. The highest BCUT2D eigenvalue weighted by molar-refractivity contribution is 5.78. The molecule has 0 aliphatic carbocycles. The lowest BCUT2D eigenvalue weighted by molar-refractivity contribution is -0.131. The SMILES string of the molecule is CCCN(CC#N)CC(=O)N1CCCC1. The zero-order valence-corrected chi connectivity index (χ0v) is 9.41. The highest BCUT2D eigenvalue weighted by Gasteiger charge is 2.19. The Hall–Kier alpha value is -1.08. The van der Waals surface area contributed by atoms with Gasteiger partial charge in [-0.2, -0.15) is 5.26 Å². The molecule has 0 saturated carbocycles. The number of rotatable bonds is 5. The maximum atomic E-state index is 11.8. The van der Waals surface area contributed by atoms with Crippen LogP contribution in [0.2, 0.25) is 0 Å². The minimum atomic E-state index is 0.177. The summed E-state index contributed by atoms with van der Waals surface area (Å²) in [4.78, 5) is 15.6. The Kier molecular flexibility index (Phi) is 5.13. The normalized spacial score (nSPS) is 15.7. The van der Waals surface area contributed by atoms with E-state index in [1.165, 1.54) is 0 Å². The Bertz CT molecular complexity index is 241. The fraction of sp³-hybridized carbons (Fsp3) is 0.818. The molecule has 84 valence electrons. The first kappa shape index (κ1) is 12.0. The van der Waals surface area contributed by atoms with Gasteiger partial charge < -0.3 is 4.90 Å². The fourth-order valence-corrected chi connectivity index (χ4v) is 1.89. The van der Waals surface area contributed by atoms with Gasteiger partial charge in [0.25, 0.3) is 0 Å². The van der Waals surface area contributed by atoms with Gasteiger partial charge in [-0.3, -0.25) is 9.69 Å². The Morgan fingerprint density at radius 2 is 2.13 bits per heavy atom. The van der Waals surface area contributed by atoms with Crippen LogP contribution in [0.15, 0.2) is 0 Å². The van der Waals surface area contributed by atoms with Crippen molar-refractivity contribution in [2.24, 2.45) is 0 Å². The molecule has 0 N–H and O–H groups in total. The van der Waals surface area contributed by atoms with Crippen LogP contribution in [0.3, 0.4) is 0 Å². The average Bonchev–Trinajstić information content (AvgIpc) is 2.71. The zero-order chi connectivity index (χ0) is 11.1. The fourth-order valence-electron chi connectivity index (χ4n) is 1.89. The monoisotopic (exact) mass is 209 g/mol. The standard InChI is InChI=1S/C11H19N3O/c1-2-6-13(9-5-12)10-11(15)14-7-3-4-8-14/h2-4,6-10H2,1H3. The molecule has 1 amide bonds. The molecule has 1 aliphatic rings. The lowest BCUT2D eigenvalue weighted by Gasteiger charge is -2.21. The number of hydrogen-bond acceptors (Lipinski definition) is 3. The summed E-state index contributed by atoms with van der Waals surface area (Å²) in [5.41, 5.74) is 0. The van der Waals surface area contributed by atoms with Gasteiger partial charge in [0.2, 0.25) is 5.91 Å². The Balaban J connectivity index is 2.35. The summed E-state index contributed by atoms with van der Waals surface area (Å²) in [5.74, 6) is 0.177. The lowest BCUT2D eigenvalue weighted by Crippen LogP contribution is -2.39. The Morgan fingerprint density at radius 3 is 2.67 bits per heavy atom. The van der Waals surface area contributed by atoms with E-state index in [1.807, 2.05) is 9.80 Å². The maximum absolute atomic E-state index is 11.8. The predicted molar refractivity (Wildman–Crippen MR) is 58.2 cm³/mol. The van der Waals surface area contributed by atoms with E-state index in [0.29, 0.717) is 13.1 Å². The van der Waals surface area contributed by atoms with Crippen LogP contribution in [0.25, 0.3) is 0 Å². The Labute approximate surface area is 91.5 Å². The van der Waals surface area contributed by atoms with Gasteiger partial charge in [-0.25, -0.2) is 0 Å². The van der Waals surface area contributed by atoms with Crippen molar-refractivity contribution in [2.45, 2.75) is 26.2 Å². The van der Waals surface area contributed by atoms with Crippen molar-refractivity contribution in [2.75, 3.05) is 32.7 Å². The molecule has 4 heteroatoms. The van der Waals surface area contributed by atoms with E-state index in [9.17, 15) is 4.79 Å². The molecule has 0 atom stereocenters. The summed E-state index contributed by atoms with van der Waals surface area (Å²) >= 11 is 0. The minimum absolute atomic E-state index is 0.177. The molecule has 1 rings (SSSR count). The molecule has 0 spiro atoms. The topological polar surface area (TPSA) is 47.3 Å². The zero-order valence-electron chi connectivity index (χ0n) is 9.41. The van der Waals surface area contributed by atoms with E-state index in [4.69, 9.17) is 5.26 Å². The van der Waals surface area contributed by atoms with Gasteiger partial charge in [0.1, 0.15) is 0 Å². The quantitative estimate of drug-likeness (QED) is 0.630. The third-order valence-corrected chi connectivity index (χ3v) is 2.65. The smallest absolute Gasteiger partial charge is 0.236 e. The third kappa shape index (κ3) is 3.88. The van der Waals surface area contributed by atoms with Crippen LogP contribution in [0, 0.1) is 11.3 Å². The molecule has 1 aliphatic heterocycles. The second-order valence-corrected chi connectivity index (χ2v) is 3.96. The summed E-state index contributed by atoms with van der Waals surface area (Å²) in [6.07, 6.45) is 3.23. The third-order valence-electron chi connectivity index (χ3n) is 2.65. The molecule has 0 unspecified atom stereocenters. The van der Waals surface area contributed by atoms with E-state index in [2.05, 4.69) is 13.0 Å². The molecule has 0 aromatic rings. The van der Waals surface area contributed by atoms with Gasteiger partial charge >= 0.3 is 0 Å². The summed E-state index contributed by atoms with van der Waals surface area (Å²) in [6, 6.07) is 2.10. The number of amides is 1. The van der Waals surface area contributed by atoms with Gasteiger partial charge in [-0.15, -0.1) is 0 Å². The van der Waals surface area contributed by atoms with Crippen molar-refractivity contribution in [3.63, 3.8) is 0 Å². The van der Waals surface area contributed by atoms with Crippen molar-refractivity contribution in [1.29, 1.82) is 5.26 Å². The molecule has 0 radical (unpaired) electrons. The summed E-state index contributed by atoms with van der Waals surface area (Å²) in [7, 11) is 0. The molecule has 0 aromatic heterocycles. The molecular weight excluding hydrogens is 190 g/mol. The molecule has 1 saturated heterocycles. The van der Waals surface area contributed by atoms with Crippen molar-refractivity contribution < 1.29 is 4.79 Å². The molecule has 4 nitrogen and oxygen atoms in total. The van der Waals surface area contributed by atoms with Crippen LogP contribution in [-0.4, -0.2) is 48.4 Å². The van der Waals surface area contributed by atoms with E-state index in [1.54, 1.807) is 0 Å². The average molecular weight is 209 g/mol. The number of likely N-dealkylation sites (tertiary alicyclic amines) is 1. The van der Waals surface area contributed by atoms with E-state index in [-0.39, 0.29) is 5.91 Å². The van der Waals surface area contributed by atoms with E-state index in [0.717, 1.165) is 38.9 Å². The second kappa shape index (κ2) is 6.41. The van der Waals surface area contributed by atoms with Crippen molar-refractivity contribution in [1.82, 2.24) is 9.80 Å². The van der Waals surface area contributed by atoms with Crippen LogP contribution in [0.4, 0.5) is 0 Å². The Morgan fingerprint density at radius 1 is 1.47 bits per heavy atom. The van der Waals surface area contributed by atoms with E-state index >= 15 is 0 Å². The molecule has 1 heterocycles. The molecule has 15 heavy (non-hydrogen) atoms. The van der Waals surface area contributed by atoms with Gasteiger partial charge in [-0.05, 0) is 25.8 Å². The largest absolute Gasteiger partial charge is 0.342 e. The maximum Gasteiger partial charge on any atom is 0.236 e. The predicted octanol–water partition coefficient (Wildman–Crippen LogP) is 0.844. The lowest BCUT2D eigenvalue weighted by atomic mass is 10.3. The number of carbonyl (C=O) groups excluding carboxylic acids is 1. The van der Waals surface area contributed by atoms with Crippen LogP contribution in [0.1, 0.15) is 26.2 Å². The molecule has 0 bridgehead atoms. The van der Waals surface area contributed by atoms with Crippen molar-refractivity contribution in [3.05, 3.63) is 0 Å². The number of nitrogens with zero attached hydrogens (tertiary/aromatic N) is 3. The first-order chi connectivity index (χ1) is 7.27. The van der Waals surface area contributed by atoms with Crippen LogP contribution in [-0.2, 0) is 4.79 Å². The van der Waals surface area contributed by atoms with Crippen LogP contribution >= 0.6 is 0 Å². The summed E-state index contributed by atoms with van der Waals surface area (Å²) in [6.45, 7) is 5.43. The van der Waals surface area contributed by atoms with Gasteiger partial charge in [0.15, 0.2) is 0 Å². The number of hydrogen-bond donors (Lipinski definition) is 0.